The van der Waals surface area contributed by atoms with E-state index in [1.165, 1.54) is 51.4 Å². The first kappa shape index (κ1) is 22.9. The summed E-state index contributed by atoms with van der Waals surface area (Å²) in [7, 11) is 0. The molecule has 5 saturated carbocycles. The lowest BCUT2D eigenvalue weighted by atomic mass is 9.41. The maximum atomic E-state index is 11.8. The van der Waals surface area contributed by atoms with E-state index < -0.39 is 0 Å². The summed E-state index contributed by atoms with van der Waals surface area (Å²) in [5.41, 5.74) is 2.00. The molecule has 2 unspecified atom stereocenters. The SMILES string of the molecule is CC(=O)O[C@H]1CC[C@]23C[C@]24CC[C@]2(C)[C@@H]([C@H](C)CCC=O)CC[C@@]2(C)C4CCC3C1(C)C. The zero-order valence-electron chi connectivity index (χ0n) is 21.5. The van der Waals surface area contributed by atoms with Gasteiger partial charge in [0.15, 0.2) is 0 Å². The van der Waals surface area contributed by atoms with E-state index in [2.05, 4.69) is 34.6 Å². The van der Waals surface area contributed by atoms with Crippen molar-refractivity contribution in [3.63, 3.8) is 0 Å². The molecule has 5 aliphatic carbocycles. The number of esters is 1. The van der Waals surface area contributed by atoms with Crippen LogP contribution in [0.2, 0.25) is 0 Å². The van der Waals surface area contributed by atoms with E-state index in [-0.39, 0.29) is 17.5 Å². The van der Waals surface area contributed by atoms with Crippen LogP contribution in [-0.4, -0.2) is 18.4 Å². The van der Waals surface area contributed by atoms with Gasteiger partial charge in [-0.1, -0.05) is 34.6 Å². The van der Waals surface area contributed by atoms with E-state index >= 15 is 0 Å². The molecule has 0 aromatic heterocycles. The van der Waals surface area contributed by atoms with Gasteiger partial charge in [-0.2, -0.15) is 0 Å². The quantitative estimate of drug-likeness (QED) is 0.341. The van der Waals surface area contributed by atoms with Gasteiger partial charge in [0.25, 0.3) is 0 Å². The zero-order chi connectivity index (χ0) is 23.2. The van der Waals surface area contributed by atoms with Gasteiger partial charge in [0.05, 0.1) is 0 Å². The van der Waals surface area contributed by atoms with E-state index in [9.17, 15) is 9.59 Å². The van der Waals surface area contributed by atoms with Crippen molar-refractivity contribution in [3.8, 4) is 0 Å². The summed E-state index contributed by atoms with van der Waals surface area (Å²) in [4.78, 5) is 22.8. The summed E-state index contributed by atoms with van der Waals surface area (Å²) in [6, 6.07) is 0. The van der Waals surface area contributed by atoms with Crippen LogP contribution in [0.25, 0.3) is 0 Å². The molecule has 180 valence electrons. The molecule has 0 amide bonds. The van der Waals surface area contributed by atoms with E-state index in [1.807, 2.05) is 0 Å². The minimum Gasteiger partial charge on any atom is -0.462 e. The second kappa shape index (κ2) is 7.08. The molecule has 0 N–H and O–H groups in total. The molecule has 5 fully saturated rings. The predicted molar refractivity (Wildman–Crippen MR) is 127 cm³/mol. The van der Waals surface area contributed by atoms with Gasteiger partial charge in [-0.3, -0.25) is 4.79 Å². The van der Waals surface area contributed by atoms with Gasteiger partial charge in [-0.25, -0.2) is 0 Å². The Hall–Kier alpha value is -0.860. The van der Waals surface area contributed by atoms with E-state index in [0.29, 0.717) is 33.5 Å². The minimum absolute atomic E-state index is 0.0849. The fourth-order valence-corrected chi connectivity index (χ4v) is 11.2. The number of carbonyl (C=O) groups is 2. The minimum atomic E-state index is -0.111. The Morgan fingerprint density at radius 2 is 1.62 bits per heavy atom. The van der Waals surface area contributed by atoms with Crippen molar-refractivity contribution in [3.05, 3.63) is 0 Å². The van der Waals surface area contributed by atoms with Gasteiger partial charge in [-0.15, -0.1) is 0 Å². The van der Waals surface area contributed by atoms with Crippen molar-refractivity contribution in [1.82, 2.24) is 0 Å². The fraction of sp³-hybridized carbons (Fsp3) is 0.931. The van der Waals surface area contributed by atoms with E-state index in [0.717, 1.165) is 37.4 Å². The number of fused-ring (bicyclic) bond motifs is 2. The zero-order valence-corrected chi connectivity index (χ0v) is 21.5. The highest BCUT2D eigenvalue weighted by Crippen LogP contribution is 2.89. The lowest BCUT2D eigenvalue weighted by Gasteiger charge is -2.63. The van der Waals surface area contributed by atoms with E-state index in [4.69, 9.17) is 4.74 Å². The number of hydrogen-bond acceptors (Lipinski definition) is 3. The molecule has 5 aliphatic rings. The van der Waals surface area contributed by atoms with Gasteiger partial charge in [0.1, 0.15) is 12.4 Å². The molecule has 3 heteroatoms. The Labute approximate surface area is 195 Å². The molecule has 0 bridgehead atoms. The van der Waals surface area contributed by atoms with E-state index in [1.54, 1.807) is 6.92 Å². The van der Waals surface area contributed by atoms with Crippen molar-refractivity contribution < 1.29 is 14.3 Å². The maximum absolute atomic E-state index is 11.8. The molecule has 2 spiro atoms. The van der Waals surface area contributed by atoms with Crippen LogP contribution in [-0.2, 0) is 14.3 Å². The number of carbonyl (C=O) groups excluding carboxylic acids is 2. The maximum Gasteiger partial charge on any atom is 0.302 e. The Kier molecular flexibility index (Phi) is 5.07. The topological polar surface area (TPSA) is 43.4 Å². The molecule has 32 heavy (non-hydrogen) atoms. The van der Waals surface area contributed by atoms with Crippen LogP contribution >= 0.6 is 0 Å². The van der Waals surface area contributed by atoms with Crippen LogP contribution in [0.3, 0.4) is 0 Å². The van der Waals surface area contributed by atoms with Crippen molar-refractivity contribution in [2.45, 2.75) is 118 Å². The fourth-order valence-electron chi connectivity index (χ4n) is 11.2. The molecule has 0 aromatic carbocycles. The lowest BCUT2D eigenvalue weighted by molar-refractivity contribution is -0.181. The molecule has 0 radical (unpaired) electrons. The van der Waals surface area contributed by atoms with Crippen molar-refractivity contribution in [1.29, 1.82) is 0 Å². The second-order valence-electron chi connectivity index (χ2n) is 13.8. The summed E-state index contributed by atoms with van der Waals surface area (Å²) in [6.45, 7) is 14.1. The first-order chi connectivity index (χ1) is 15.0. The predicted octanol–water partition coefficient (Wildman–Crippen LogP) is 6.97. The summed E-state index contributed by atoms with van der Waals surface area (Å²) in [5.74, 6) is 2.87. The number of ether oxygens (including phenoxy) is 1. The Bertz CT molecular complexity index is 802. The Morgan fingerprint density at radius 1 is 0.938 bits per heavy atom. The van der Waals surface area contributed by atoms with Crippen molar-refractivity contribution in [2.24, 2.45) is 50.7 Å². The molecule has 0 aliphatic heterocycles. The van der Waals surface area contributed by atoms with Gasteiger partial charge in [0.2, 0.25) is 0 Å². The standard InChI is InChI=1S/C29H46O3/c1-19(8-7-17-30)21-11-13-27(6)23-10-9-22-25(3,4)24(32-20(2)31)12-14-28(22)18-29(23,28)16-15-26(21,27)5/h17,19,21-24H,7-16,18H2,1-6H3/t19-,21-,22?,23?,24+,26-,27+,28-,29+/m1/s1. The molecule has 0 heterocycles. The summed E-state index contributed by atoms with van der Waals surface area (Å²) in [6.07, 6.45) is 14.9. The van der Waals surface area contributed by atoms with Crippen molar-refractivity contribution >= 4 is 12.3 Å². The van der Waals surface area contributed by atoms with Gasteiger partial charge >= 0.3 is 5.97 Å². The number of hydrogen-bond donors (Lipinski definition) is 0. The monoisotopic (exact) mass is 442 g/mol. The largest absolute Gasteiger partial charge is 0.462 e. The first-order valence-corrected chi connectivity index (χ1v) is 13.6. The molecule has 0 saturated heterocycles. The normalized spacial score (nSPS) is 51.4. The van der Waals surface area contributed by atoms with Crippen LogP contribution in [0.15, 0.2) is 0 Å². The Balaban J connectivity index is 1.43. The average Bonchev–Trinajstić information content (AvgIpc) is 3.31. The second-order valence-corrected chi connectivity index (χ2v) is 13.8. The molecular formula is C29H46O3. The van der Waals surface area contributed by atoms with Crippen LogP contribution in [0.5, 0.6) is 0 Å². The third-order valence-electron chi connectivity index (χ3n) is 12.8. The highest BCUT2D eigenvalue weighted by Gasteiger charge is 2.82. The van der Waals surface area contributed by atoms with Gasteiger partial charge < -0.3 is 9.53 Å². The van der Waals surface area contributed by atoms with Gasteiger partial charge in [0, 0.05) is 18.8 Å². The molecule has 5 rings (SSSR count). The smallest absolute Gasteiger partial charge is 0.302 e. The van der Waals surface area contributed by atoms with Crippen LogP contribution in [0.4, 0.5) is 0 Å². The summed E-state index contributed by atoms with van der Waals surface area (Å²) < 4.78 is 5.87. The summed E-state index contributed by atoms with van der Waals surface area (Å²) in [5, 5.41) is 0. The lowest BCUT2D eigenvalue weighted by Crippen LogP contribution is -2.58. The third kappa shape index (κ3) is 2.66. The first-order valence-electron chi connectivity index (χ1n) is 13.6. The summed E-state index contributed by atoms with van der Waals surface area (Å²) >= 11 is 0. The van der Waals surface area contributed by atoms with Crippen LogP contribution < -0.4 is 0 Å². The molecule has 9 atom stereocenters. The van der Waals surface area contributed by atoms with Crippen LogP contribution in [0.1, 0.15) is 112 Å². The molecular weight excluding hydrogens is 396 g/mol. The third-order valence-corrected chi connectivity index (χ3v) is 12.8. The Morgan fingerprint density at radius 3 is 2.31 bits per heavy atom. The van der Waals surface area contributed by atoms with Gasteiger partial charge in [-0.05, 0) is 110 Å². The number of rotatable bonds is 5. The highest BCUT2D eigenvalue weighted by molar-refractivity contribution is 5.66. The molecule has 3 nitrogen and oxygen atoms in total. The van der Waals surface area contributed by atoms with Crippen molar-refractivity contribution in [2.75, 3.05) is 0 Å². The van der Waals surface area contributed by atoms with Crippen LogP contribution in [0, 0.1) is 50.7 Å². The average molecular weight is 443 g/mol. The molecule has 0 aromatic rings. The number of aldehydes is 1. The highest BCUT2D eigenvalue weighted by atomic mass is 16.5.